The van der Waals surface area contributed by atoms with Gasteiger partial charge >= 0.3 is 0 Å². The van der Waals surface area contributed by atoms with Gasteiger partial charge in [-0.05, 0) is 42.3 Å². The fourth-order valence-corrected chi connectivity index (χ4v) is 2.80. The number of ether oxygens (including phenoxy) is 1. The van der Waals surface area contributed by atoms with Crippen molar-refractivity contribution in [1.82, 2.24) is 0 Å². The molecule has 0 aromatic heterocycles. The van der Waals surface area contributed by atoms with Crippen molar-refractivity contribution in [1.29, 1.82) is 0 Å². The van der Waals surface area contributed by atoms with E-state index in [0.29, 0.717) is 10.0 Å². The summed E-state index contributed by atoms with van der Waals surface area (Å²) in [5.41, 5.74) is 2.03. The lowest BCUT2D eigenvalue weighted by molar-refractivity contribution is 0.416. The second-order valence-corrected chi connectivity index (χ2v) is 6.35. The molecule has 2 rings (SSSR count). The molecule has 0 aliphatic heterocycles. The SMILES string of the molecule is CCC(Nc1cc(Br)ccc1OC)c1ccc(Cl)c(Cl)c1. The Morgan fingerprint density at radius 3 is 2.52 bits per heavy atom. The number of hydrogen-bond acceptors (Lipinski definition) is 2. The quantitative estimate of drug-likeness (QED) is 0.646. The minimum Gasteiger partial charge on any atom is -0.495 e. The maximum absolute atomic E-state index is 6.11. The van der Waals surface area contributed by atoms with E-state index in [1.54, 1.807) is 7.11 Å². The van der Waals surface area contributed by atoms with Gasteiger partial charge in [-0.15, -0.1) is 0 Å². The molecule has 2 nitrogen and oxygen atoms in total. The highest BCUT2D eigenvalue weighted by molar-refractivity contribution is 9.10. The molecule has 0 aliphatic carbocycles. The Balaban J connectivity index is 2.30. The Bertz CT molecular complexity index is 634. The lowest BCUT2D eigenvalue weighted by atomic mass is 10.0. The molecule has 0 saturated carbocycles. The summed E-state index contributed by atoms with van der Waals surface area (Å²) in [5.74, 6) is 0.803. The summed E-state index contributed by atoms with van der Waals surface area (Å²) >= 11 is 15.6. The van der Waals surface area contributed by atoms with Crippen molar-refractivity contribution in [3.05, 3.63) is 56.5 Å². The first kappa shape index (κ1) is 16.5. The van der Waals surface area contributed by atoms with E-state index in [-0.39, 0.29) is 6.04 Å². The molecule has 2 aromatic rings. The normalized spacial score (nSPS) is 12.0. The van der Waals surface area contributed by atoms with Crippen molar-refractivity contribution in [3.8, 4) is 5.75 Å². The average Bonchev–Trinajstić information content (AvgIpc) is 2.48. The number of halogens is 3. The van der Waals surface area contributed by atoms with Crippen LogP contribution in [0.4, 0.5) is 5.69 Å². The Labute approximate surface area is 143 Å². The second kappa shape index (κ2) is 7.39. The fourth-order valence-electron chi connectivity index (χ4n) is 2.13. The highest BCUT2D eigenvalue weighted by atomic mass is 79.9. The molecule has 5 heteroatoms. The van der Waals surface area contributed by atoms with Crippen molar-refractivity contribution in [2.45, 2.75) is 19.4 Å². The van der Waals surface area contributed by atoms with E-state index in [9.17, 15) is 0 Å². The van der Waals surface area contributed by atoms with Gasteiger partial charge in [0.2, 0.25) is 0 Å². The highest BCUT2D eigenvalue weighted by Crippen LogP contribution is 2.33. The molecule has 1 unspecified atom stereocenters. The van der Waals surface area contributed by atoms with Crippen LogP contribution in [0.5, 0.6) is 5.75 Å². The minimum absolute atomic E-state index is 0.128. The van der Waals surface area contributed by atoms with Gasteiger partial charge in [0, 0.05) is 4.47 Å². The van der Waals surface area contributed by atoms with E-state index < -0.39 is 0 Å². The second-order valence-electron chi connectivity index (χ2n) is 4.62. The van der Waals surface area contributed by atoms with Gasteiger partial charge in [0.15, 0.2) is 0 Å². The van der Waals surface area contributed by atoms with Gasteiger partial charge in [0.05, 0.1) is 28.9 Å². The highest BCUT2D eigenvalue weighted by Gasteiger charge is 2.13. The molecule has 0 amide bonds. The lowest BCUT2D eigenvalue weighted by Crippen LogP contribution is -2.10. The van der Waals surface area contributed by atoms with Gasteiger partial charge in [-0.2, -0.15) is 0 Å². The first-order valence-electron chi connectivity index (χ1n) is 6.60. The topological polar surface area (TPSA) is 21.3 Å². The molecule has 2 aromatic carbocycles. The zero-order valence-corrected chi connectivity index (χ0v) is 14.9. The first-order valence-corrected chi connectivity index (χ1v) is 8.15. The van der Waals surface area contributed by atoms with E-state index in [4.69, 9.17) is 27.9 Å². The molecule has 1 atom stereocenters. The molecule has 0 spiro atoms. The number of benzene rings is 2. The van der Waals surface area contributed by atoms with Crippen LogP contribution in [0.15, 0.2) is 40.9 Å². The van der Waals surface area contributed by atoms with Crippen LogP contribution in [0, 0.1) is 0 Å². The third kappa shape index (κ3) is 4.06. The molecule has 0 fully saturated rings. The monoisotopic (exact) mass is 387 g/mol. The fraction of sp³-hybridized carbons (Fsp3) is 0.250. The number of hydrogen-bond donors (Lipinski definition) is 1. The van der Waals surface area contributed by atoms with Crippen LogP contribution in [0.1, 0.15) is 24.9 Å². The van der Waals surface area contributed by atoms with E-state index in [2.05, 4.69) is 28.2 Å². The maximum atomic E-state index is 6.11. The molecular weight excluding hydrogens is 373 g/mol. The summed E-state index contributed by atoms with van der Waals surface area (Å²) in [4.78, 5) is 0. The lowest BCUT2D eigenvalue weighted by Gasteiger charge is -2.21. The van der Waals surface area contributed by atoms with Crippen LogP contribution in [0.2, 0.25) is 10.0 Å². The molecule has 0 aliphatic rings. The number of methoxy groups -OCH3 is 1. The predicted molar refractivity (Wildman–Crippen MR) is 93.8 cm³/mol. The number of rotatable bonds is 5. The Morgan fingerprint density at radius 2 is 1.90 bits per heavy atom. The van der Waals surface area contributed by atoms with Gasteiger partial charge in [-0.3, -0.25) is 0 Å². The van der Waals surface area contributed by atoms with Crippen LogP contribution < -0.4 is 10.1 Å². The molecule has 112 valence electrons. The standard InChI is InChI=1S/C16H16BrCl2NO/c1-3-14(10-4-6-12(18)13(19)8-10)20-15-9-11(17)5-7-16(15)21-2/h4-9,14,20H,3H2,1-2H3. The molecule has 21 heavy (non-hydrogen) atoms. The number of anilines is 1. The Kier molecular flexibility index (Phi) is 5.80. The van der Waals surface area contributed by atoms with Gasteiger partial charge in [0.25, 0.3) is 0 Å². The molecule has 1 N–H and O–H groups in total. The van der Waals surface area contributed by atoms with Crippen LogP contribution in [0.3, 0.4) is 0 Å². The van der Waals surface area contributed by atoms with E-state index in [1.165, 1.54) is 0 Å². The van der Waals surface area contributed by atoms with Crippen LogP contribution in [-0.4, -0.2) is 7.11 Å². The van der Waals surface area contributed by atoms with Crippen molar-refractivity contribution < 1.29 is 4.74 Å². The predicted octanol–water partition coefficient (Wildman–Crippen LogP) is 6.33. The average molecular weight is 389 g/mol. The van der Waals surface area contributed by atoms with E-state index in [0.717, 1.165) is 27.9 Å². The zero-order valence-electron chi connectivity index (χ0n) is 11.8. The summed E-state index contributed by atoms with van der Waals surface area (Å²) in [5, 5.41) is 4.63. The van der Waals surface area contributed by atoms with Crippen molar-refractivity contribution in [3.63, 3.8) is 0 Å². The third-order valence-electron chi connectivity index (χ3n) is 3.25. The van der Waals surface area contributed by atoms with Gasteiger partial charge < -0.3 is 10.1 Å². The molecular formula is C16H16BrCl2NO. The largest absolute Gasteiger partial charge is 0.495 e. The van der Waals surface area contributed by atoms with Crippen molar-refractivity contribution in [2.24, 2.45) is 0 Å². The minimum atomic E-state index is 0.128. The summed E-state index contributed by atoms with van der Waals surface area (Å²) in [6, 6.07) is 11.7. The smallest absolute Gasteiger partial charge is 0.142 e. The summed E-state index contributed by atoms with van der Waals surface area (Å²) in [6.45, 7) is 2.12. The molecule has 0 saturated heterocycles. The zero-order chi connectivity index (χ0) is 15.4. The van der Waals surface area contributed by atoms with Crippen molar-refractivity contribution >= 4 is 44.8 Å². The Hall–Kier alpha value is -0.900. The molecule has 0 bridgehead atoms. The summed E-state index contributed by atoms with van der Waals surface area (Å²) in [6.07, 6.45) is 0.910. The maximum Gasteiger partial charge on any atom is 0.142 e. The summed E-state index contributed by atoms with van der Waals surface area (Å²) in [7, 11) is 1.66. The van der Waals surface area contributed by atoms with E-state index in [1.807, 2.05) is 36.4 Å². The van der Waals surface area contributed by atoms with Gasteiger partial charge in [-0.1, -0.05) is 52.1 Å². The van der Waals surface area contributed by atoms with Gasteiger partial charge in [-0.25, -0.2) is 0 Å². The van der Waals surface area contributed by atoms with Crippen molar-refractivity contribution in [2.75, 3.05) is 12.4 Å². The Morgan fingerprint density at radius 1 is 1.14 bits per heavy atom. The third-order valence-corrected chi connectivity index (χ3v) is 4.48. The van der Waals surface area contributed by atoms with Gasteiger partial charge in [0.1, 0.15) is 5.75 Å². The van der Waals surface area contributed by atoms with Crippen LogP contribution >= 0.6 is 39.1 Å². The molecule has 0 heterocycles. The molecule has 0 radical (unpaired) electrons. The number of nitrogens with one attached hydrogen (secondary N) is 1. The van der Waals surface area contributed by atoms with Crippen LogP contribution in [0.25, 0.3) is 0 Å². The first-order chi connectivity index (χ1) is 10.0. The summed E-state index contributed by atoms with van der Waals surface area (Å²) < 4.78 is 6.39. The van der Waals surface area contributed by atoms with E-state index >= 15 is 0 Å². The van der Waals surface area contributed by atoms with Crippen LogP contribution in [-0.2, 0) is 0 Å².